The van der Waals surface area contributed by atoms with Crippen LogP contribution >= 0.6 is 0 Å². The molecule has 2 aromatic rings. The fourth-order valence-corrected chi connectivity index (χ4v) is 1.50. The van der Waals surface area contributed by atoms with E-state index in [1.807, 2.05) is 6.92 Å². The van der Waals surface area contributed by atoms with Crippen molar-refractivity contribution in [2.24, 2.45) is 0 Å². The molecule has 0 radical (unpaired) electrons. The highest BCUT2D eigenvalue weighted by molar-refractivity contribution is 5.91. The molecule has 0 fully saturated rings. The van der Waals surface area contributed by atoms with Crippen molar-refractivity contribution in [2.45, 2.75) is 6.92 Å². The molecule has 0 aliphatic heterocycles. The zero-order valence-corrected chi connectivity index (χ0v) is 9.10. The Labute approximate surface area is 96.2 Å². The van der Waals surface area contributed by atoms with Crippen LogP contribution in [0, 0.1) is 0 Å². The number of carboxylic acid groups (broad SMARTS) is 1. The van der Waals surface area contributed by atoms with Gasteiger partial charge in [-0.05, 0) is 25.1 Å². The Bertz CT molecular complexity index is 626. The van der Waals surface area contributed by atoms with Gasteiger partial charge in [0, 0.05) is 11.5 Å². The van der Waals surface area contributed by atoms with Crippen molar-refractivity contribution in [1.82, 2.24) is 0 Å². The first-order valence-corrected chi connectivity index (χ1v) is 5.06. The van der Waals surface area contributed by atoms with Gasteiger partial charge in [-0.15, -0.1) is 0 Å². The maximum absolute atomic E-state index is 11.4. The van der Waals surface area contributed by atoms with Crippen molar-refractivity contribution >= 4 is 16.9 Å². The molecule has 2 rings (SSSR count). The average molecular weight is 234 g/mol. The predicted octanol–water partition coefficient (Wildman–Crippen LogP) is 1.89. The van der Waals surface area contributed by atoms with Gasteiger partial charge in [-0.1, -0.05) is 0 Å². The third-order valence-electron chi connectivity index (χ3n) is 2.25. The minimum atomic E-state index is -1.30. The third-order valence-corrected chi connectivity index (χ3v) is 2.25. The van der Waals surface area contributed by atoms with E-state index < -0.39 is 11.6 Å². The van der Waals surface area contributed by atoms with Gasteiger partial charge in [0.1, 0.15) is 16.9 Å². The second kappa shape index (κ2) is 4.29. The molecule has 1 N–H and O–H groups in total. The number of ether oxygens (including phenoxy) is 1. The summed E-state index contributed by atoms with van der Waals surface area (Å²) in [6.45, 7) is 2.34. The van der Waals surface area contributed by atoms with Gasteiger partial charge in [-0.25, -0.2) is 9.59 Å². The molecule has 0 unspecified atom stereocenters. The van der Waals surface area contributed by atoms with E-state index in [1.54, 1.807) is 18.2 Å². The van der Waals surface area contributed by atoms with Crippen LogP contribution in [0.25, 0.3) is 11.0 Å². The Morgan fingerprint density at radius 3 is 2.82 bits per heavy atom. The minimum absolute atomic E-state index is 0.311. The van der Waals surface area contributed by atoms with Crippen molar-refractivity contribution in [3.8, 4) is 5.75 Å². The fourth-order valence-electron chi connectivity index (χ4n) is 1.50. The smallest absolute Gasteiger partial charge is 0.351 e. The van der Waals surface area contributed by atoms with Crippen molar-refractivity contribution in [3.05, 3.63) is 40.2 Å². The van der Waals surface area contributed by atoms with E-state index >= 15 is 0 Å². The van der Waals surface area contributed by atoms with Crippen LogP contribution in [0.3, 0.4) is 0 Å². The number of benzene rings is 1. The van der Waals surface area contributed by atoms with Crippen LogP contribution in [0.4, 0.5) is 0 Å². The maximum Gasteiger partial charge on any atom is 0.351 e. The van der Waals surface area contributed by atoms with Gasteiger partial charge in [-0.3, -0.25) is 0 Å². The number of carbonyl (C=O) groups is 1. The number of aromatic carboxylic acids is 1. The van der Waals surface area contributed by atoms with Gasteiger partial charge < -0.3 is 14.3 Å². The summed E-state index contributed by atoms with van der Waals surface area (Å²) in [5.74, 6) is -0.722. The van der Waals surface area contributed by atoms with Crippen molar-refractivity contribution in [3.63, 3.8) is 0 Å². The van der Waals surface area contributed by atoms with Crippen LogP contribution in [-0.2, 0) is 0 Å². The summed E-state index contributed by atoms with van der Waals surface area (Å²) >= 11 is 0. The summed E-state index contributed by atoms with van der Waals surface area (Å²) in [6.07, 6.45) is 0. The molecule has 5 nitrogen and oxygen atoms in total. The molecule has 1 aromatic carbocycles. The number of hydrogen-bond acceptors (Lipinski definition) is 4. The number of hydrogen-bond donors (Lipinski definition) is 1. The molecule has 0 aliphatic rings. The zero-order valence-electron chi connectivity index (χ0n) is 9.10. The third kappa shape index (κ3) is 2.13. The highest BCUT2D eigenvalue weighted by Crippen LogP contribution is 2.20. The molecule has 0 bridgehead atoms. The van der Waals surface area contributed by atoms with Crippen LogP contribution in [-0.4, -0.2) is 17.7 Å². The lowest BCUT2D eigenvalue weighted by atomic mass is 10.2. The van der Waals surface area contributed by atoms with Gasteiger partial charge in [0.05, 0.1) is 6.61 Å². The number of carboxylic acids is 1. The average Bonchev–Trinajstić information content (AvgIpc) is 2.28. The Morgan fingerprint density at radius 1 is 1.41 bits per heavy atom. The Balaban J connectivity index is 2.62. The van der Waals surface area contributed by atoms with E-state index in [1.165, 1.54) is 6.07 Å². The highest BCUT2D eigenvalue weighted by Gasteiger charge is 2.12. The van der Waals surface area contributed by atoms with Crippen LogP contribution in [0.5, 0.6) is 5.75 Å². The van der Waals surface area contributed by atoms with Crippen LogP contribution in [0.1, 0.15) is 17.3 Å². The molecule has 0 aliphatic carbocycles. The summed E-state index contributed by atoms with van der Waals surface area (Å²) in [6, 6.07) is 6.19. The van der Waals surface area contributed by atoms with E-state index in [4.69, 9.17) is 14.3 Å². The van der Waals surface area contributed by atoms with Crippen LogP contribution in [0.15, 0.2) is 33.5 Å². The van der Waals surface area contributed by atoms with Gasteiger partial charge in [0.2, 0.25) is 0 Å². The van der Waals surface area contributed by atoms with Crippen LogP contribution < -0.4 is 10.4 Å². The van der Waals surface area contributed by atoms with E-state index in [-0.39, 0.29) is 5.56 Å². The Morgan fingerprint density at radius 2 is 2.18 bits per heavy atom. The first kappa shape index (κ1) is 11.2. The fraction of sp³-hybridized carbons (Fsp3) is 0.167. The largest absolute Gasteiger partial charge is 0.494 e. The van der Waals surface area contributed by atoms with Crippen molar-refractivity contribution in [1.29, 1.82) is 0 Å². The van der Waals surface area contributed by atoms with E-state index in [0.717, 1.165) is 0 Å². The minimum Gasteiger partial charge on any atom is -0.494 e. The first-order valence-electron chi connectivity index (χ1n) is 5.06. The zero-order chi connectivity index (χ0) is 12.4. The molecule has 88 valence electrons. The second-order valence-electron chi connectivity index (χ2n) is 3.39. The van der Waals surface area contributed by atoms with Gasteiger partial charge >= 0.3 is 11.6 Å². The van der Waals surface area contributed by atoms with E-state index in [0.29, 0.717) is 23.3 Å². The molecule has 17 heavy (non-hydrogen) atoms. The van der Waals surface area contributed by atoms with E-state index in [9.17, 15) is 9.59 Å². The number of fused-ring (bicyclic) bond motifs is 1. The van der Waals surface area contributed by atoms with E-state index in [2.05, 4.69) is 0 Å². The Hall–Kier alpha value is -2.30. The molecule has 1 aromatic heterocycles. The molecular weight excluding hydrogens is 224 g/mol. The highest BCUT2D eigenvalue weighted by atomic mass is 16.5. The maximum atomic E-state index is 11.4. The van der Waals surface area contributed by atoms with Crippen LogP contribution in [0.2, 0.25) is 0 Å². The summed E-state index contributed by atoms with van der Waals surface area (Å²) in [4.78, 5) is 22.1. The molecule has 1 heterocycles. The Kier molecular flexibility index (Phi) is 2.82. The summed E-state index contributed by atoms with van der Waals surface area (Å²) in [5.41, 5.74) is -0.925. The standard InChI is InChI=1S/C12H10O5/c1-2-16-8-4-3-7-5-9(11(13)14)12(15)17-10(7)6-8/h3-6H,2H2,1H3,(H,13,14). The summed E-state index contributed by atoms with van der Waals surface area (Å²) in [7, 11) is 0. The second-order valence-corrected chi connectivity index (χ2v) is 3.39. The summed E-state index contributed by atoms with van der Waals surface area (Å²) < 4.78 is 10.2. The molecule has 5 heteroatoms. The number of rotatable bonds is 3. The van der Waals surface area contributed by atoms with Crippen molar-refractivity contribution < 1.29 is 19.1 Å². The van der Waals surface area contributed by atoms with Gasteiger partial charge in [0.25, 0.3) is 0 Å². The normalized spacial score (nSPS) is 10.4. The molecule has 0 amide bonds. The lowest BCUT2D eigenvalue weighted by Crippen LogP contribution is -2.12. The first-order chi connectivity index (χ1) is 8.11. The monoisotopic (exact) mass is 234 g/mol. The predicted molar refractivity (Wildman–Crippen MR) is 60.6 cm³/mol. The lowest BCUT2D eigenvalue weighted by molar-refractivity contribution is 0.0692. The molecule has 0 saturated heterocycles. The molecular formula is C12H10O5. The summed E-state index contributed by atoms with van der Waals surface area (Å²) in [5, 5.41) is 9.33. The lowest BCUT2D eigenvalue weighted by Gasteiger charge is -2.03. The molecule has 0 atom stereocenters. The quantitative estimate of drug-likeness (QED) is 0.820. The van der Waals surface area contributed by atoms with Gasteiger partial charge in [-0.2, -0.15) is 0 Å². The molecule has 0 spiro atoms. The van der Waals surface area contributed by atoms with Gasteiger partial charge in [0.15, 0.2) is 0 Å². The topological polar surface area (TPSA) is 76.7 Å². The SMILES string of the molecule is CCOc1ccc2cc(C(=O)O)c(=O)oc2c1. The van der Waals surface area contributed by atoms with Crippen molar-refractivity contribution in [2.75, 3.05) is 6.61 Å². The molecule has 0 saturated carbocycles.